The Kier molecular flexibility index (Phi) is 3.95. The standard InChI is InChI=1S/C12H22N2S/c1-9-6-13-12(15-8-9)14-7-11-5-3-4-10(11)2/h9-11H,3-8H2,1-2H3,(H,13,14). The largest absolute Gasteiger partial charge is 0.365 e. The summed E-state index contributed by atoms with van der Waals surface area (Å²) in [6.45, 7) is 6.81. The molecule has 1 N–H and O–H groups in total. The van der Waals surface area contributed by atoms with Crippen molar-refractivity contribution in [1.82, 2.24) is 5.32 Å². The van der Waals surface area contributed by atoms with E-state index in [1.807, 2.05) is 11.8 Å². The third kappa shape index (κ3) is 3.13. The van der Waals surface area contributed by atoms with Crippen LogP contribution in [0.4, 0.5) is 0 Å². The minimum Gasteiger partial charge on any atom is -0.365 e. The molecular formula is C12H22N2S. The van der Waals surface area contributed by atoms with Crippen LogP contribution in [0.15, 0.2) is 4.99 Å². The van der Waals surface area contributed by atoms with Crippen molar-refractivity contribution in [3.63, 3.8) is 0 Å². The second kappa shape index (κ2) is 5.24. The van der Waals surface area contributed by atoms with Crippen molar-refractivity contribution in [2.45, 2.75) is 33.1 Å². The molecule has 0 aromatic carbocycles. The molecule has 3 atom stereocenters. The minimum absolute atomic E-state index is 0.756. The summed E-state index contributed by atoms with van der Waals surface area (Å²) in [5, 5.41) is 4.71. The van der Waals surface area contributed by atoms with E-state index in [9.17, 15) is 0 Å². The van der Waals surface area contributed by atoms with Crippen LogP contribution in [0.3, 0.4) is 0 Å². The fourth-order valence-corrected chi connectivity index (χ4v) is 3.31. The number of hydrogen-bond acceptors (Lipinski definition) is 3. The van der Waals surface area contributed by atoms with Gasteiger partial charge in [-0.15, -0.1) is 0 Å². The Hall–Kier alpha value is -0.180. The van der Waals surface area contributed by atoms with E-state index in [-0.39, 0.29) is 0 Å². The fourth-order valence-electron chi connectivity index (χ4n) is 2.41. The number of nitrogens with one attached hydrogen (secondary N) is 1. The molecule has 0 spiro atoms. The number of thioether (sulfide) groups is 1. The smallest absolute Gasteiger partial charge is 0.156 e. The minimum atomic E-state index is 0.756. The van der Waals surface area contributed by atoms with Crippen LogP contribution in [-0.4, -0.2) is 24.0 Å². The molecule has 0 amide bonds. The monoisotopic (exact) mass is 226 g/mol. The van der Waals surface area contributed by atoms with Crippen molar-refractivity contribution in [2.24, 2.45) is 22.7 Å². The normalized spacial score (nSPS) is 36.4. The molecule has 0 aromatic rings. The maximum absolute atomic E-state index is 4.56. The van der Waals surface area contributed by atoms with Crippen molar-refractivity contribution >= 4 is 16.9 Å². The van der Waals surface area contributed by atoms with Gasteiger partial charge in [-0.1, -0.05) is 38.5 Å². The van der Waals surface area contributed by atoms with Crippen molar-refractivity contribution in [1.29, 1.82) is 0 Å². The predicted octanol–water partition coefficient (Wildman–Crippen LogP) is 2.75. The highest BCUT2D eigenvalue weighted by Crippen LogP contribution is 2.30. The SMILES string of the molecule is CC1CN=C(NCC2CCCC2C)SC1. The number of hydrogen-bond donors (Lipinski definition) is 1. The first-order valence-electron chi connectivity index (χ1n) is 6.17. The molecule has 1 saturated carbocycles. The molecule has 0 aromatic heterocycles. The first kappa shape index (κ1) is 11.3. The molecule has 86 valence electrons. The van der Waals surface area contributed by atoms with Crippen molar-refractivity contribution < 1.29 is 0 Å². The molecule has 2 aliphatic rings. The molecule has 2 rings (SSSR count). The van der Waals surface area contributed by atoms with Crippen LogP contribution >= 0.6 is 11.8 Å². The number of rotatable bonds is 2. The summed E-state index contributed by atoms with van der Waals surface area (Å²) in [6, 6.07) is 0. The summed E-state index contributed by atoms with van der Waals surface area (Å²) in [5.74, 6) is 3.77. The fraction of sp³-hybridized carbons (Fsp3) is 0.917. The highest BCUT2D eigenvalue weighted by molar-refractivity contribution is 8.13. The molecule has 1 aliphatic carbocycles. The van der Waals surface area contributed by atoms with E-state index in [2.05, 4.69) is 24.2 Å². The van der Waals surface area contributed by atoms with Gasteiger partial charge in [0.1, 0.15) is 0 Å². The zero-order chi connectivity index (χ0) is 10.7. The van der Waals surface area contributed by atoms with Gasteiger partial charge in [-0.05, 0) is 24.2 Å². The third-order valence-electron chi connectivity index (χ3n) is 3.61. The average molecular weight is 226 g/mol. The first-order chi connectivity index (χ1) is 7.25. The van der Waals surface area contributed by atoms with Gasteiger partial charge >= 0.3 is 0 Å². The lowest BCUT2D eigenvalue weighted by atomic mass is 9.98. The zero-order valence-electron chi connectivity index (χ0n) is 9.83. The van der Waals surface area contributed by atoms with E-state index in [4.69, 9.17) is 0 Å². The van der Waals surface area contributed by atoms with E-state index in [1.165, 1.54) is 30.2 Å². The molecule has 3 heteroatoms. The number of nitrogens with zero attached hydrogens (tertiary/aromatic N) is 1. The topological polar surface area (TPSA) is 24.4 Å². The molecule has 0 radical (unpaired) electrons. The summed E-state index contributed by atoms with van der Waals surface area (Å²) in [4.78, 5) is 4.56. The second-order valence-corrected chi connectivity index (χ2v) is 6.12. The van der Waals surface area contributed by atoms with Gasteiger partial charge in [0.05, 0.1) is 0 Å². The van der Waals surface area contributed by atoms with Crippen LogP contribution in [0.5, 0.6) is 0 Å². The Labute approximate surface area is 97.3 Å². The van der Waals surface area contributed by atoms with Gasteiger partial charge in [0.15, 0.2) is 5.17 Å². The molecule has 0 saturated heterocycles. The van der Waals surface area contributed by atoms with E-state index in [0.29, 0.717) is 0 Å². The van der Waals surface area contributed by atoms with E-state index < -0.39 is 0 Å². The highest BCUT2D eigenvalue weighted by Gasteiger charge is 2.23. The average Bonchev–Trinajstić information content (AvgIpc) is 2.63. The van der Waals surface area contributed by atoms with Crippen LogP contribution in [0, 0.1) is 17.8 Å². The summed E-state index contributed by atoms with van der Waals surface area (Å²) in [6.07, 6.45) is 4.25. The van der Waals surface area contributed by atoms with Crippen LogP contribution in [0.1, 0.15) is 33.1 Å². The zero-order valence-corrected chi connectivity index (χ0v) is 10.6. The Bertz CT molecular complexity index is 240. The second-order valence-electron chi connectivity index (χ2n) is 5.11. The molecule has 1 heterocycles. The van der Waals surface area contributed by atoms with Gasteiger partial charge in [-0.2, -0.15) is 0 Å². The van der Waals surface area contributed by atoms with Gasteiger partial charge in [0.2, 0.25) is 0 Å². The van der Waals surface area contributed by atoms with E-state index >= 15 is 0 Å². The lowest BCUT2D eigenvalue weighted by Crippen LogP contribution is -2.31. The maximum atomic E-state index is 4.56. The Morgan fingerprint density at radius 1 is 1.40 bits per heavy atom. The predicted molar refractivity (Wildman–Crippen MR) is 68.4 cm³/mol. The maximum Gasteiger partial charge on any atom is 0.156 e. The summed E-state index contributed by atoms with van der Waals surface area (Å²) in [5.41, 5.74) is 0. The van der Waals surface area contributed by atoms with E-state index in [1.54, 1.807) is 0 Å². The van der Waals surface area contributed by atoms with Crippen LogP contribution in [0.2, 0.25) is 0 Å². The van der Waals surface area contributed by atoms with Crippen molar-refractivity contribution in [2.75, 3.05) is 18.8 Å². The molecule has 1 aliphatic heterocycles. The number of amidine groups is 1. The summed E-state index contributed by atoms with van der Waals surface area (Å²) < 4.78 is 0. The third-order valence-corrected chi connectivity index (χ3v) is 4.89. The van der Waals surface area contributed by atoms with Gasteiger partial charge < -0.3 is 5.32 Å². The molecule has 0 bridgehead atoms. The Balaban J connectivity index is 1.73. The quantitative estimate of drug-likeness (QED) is 0.783. The van der Waals surface area contributed by atoms with Crippen molar-refractivity contribution in [3.8, 4) is 0 Å². The lowest BCUT2D eigenvalue weighted by Gasteiger charge is -2.21. The van der Waals surface area contributed by atoms with Gasteiger partial charge in [-0.25, -0.2) is 0 Å². The van der Waals surface area contributed by atoms with E-state index in [0.717, 1.165) is 30.8 Å². The molecule has 1 fully saturated rings. The Morgan fingerprint density at radius 3 is 2.87 bits per heavy atom. The lowest BCUT2D eigenvalue weighted by molar-refractivity contribution is 0.415. The Morgan fingerprint density at radius 2 is 2.27 bits per heavy atom. The first-order valence-corrected chi connectivity index (χ1v) is 7.15. The van der Waals surface area contributed by atoms with Crippen molar-refractivity contribution in [3.05, 3.63) is 0 Å². The molecule has 3 unspecified atom stereocenters. The van der Waals surface area contributed by atoms with Crippen LogP contribution in [-0.2, 0) is 0 Å². The van der Waals surface area contributed by atoms with Gasteiger partial charge in [-0.3, -0.25) is 4.99 Å². The van der Waals surface area contributed by atoms with Gasteiger partial charge in [0, 0.05) is 18.8 Å². The summed E-state index contributed by atoms with van der Waals surface area (Å²) in [7, 11) is 0. The molecular weight excluding hydrogens is 204 g/mol. The van der Waals surface area contributed by atoms with Gasteiger partial charge in [0.25, 0.3) is 0 Å². The summed E-state index contributed by atoms with van der Waals surface area (Å²) >= 11 is 1.89. The highest BCUT2D eigenvalue weighted by atomic mass is 32.2. The van der Waals surface area contributed by atoms with Crippen LogP contribution < -0.4 is 5.32 Å². The number of aliphatic imine (C=N–C) groups is 1. The molecule has 2 nitrogen and oxygen atoms in total. The van der Waals surface area contributed by atoms with Crippen LogP contribution in [0.25, 0.3) is 0 Å². The molecule has 15 heavy (non-hydrogen) atoms.